The first kappa shape index (κ1) is 25.4. The van der Waals surface area contributed by atoms with Crippen LogP contribution < -0.4 is 16.8 Å². The average Bonchev–Trinajstić information content (AvgIpc) is 3.34. The number of oxime groups is 1. The SMILES string of the molecule is Cc1nn(C[C@@H]2[C@H](NC(=O)/C(=N/OC3(C(=O)O)CC3)c3csc(N)n3)C(=O)N2S(=O)(=O)O)nc1CN. The number of anilines is 1. The lowest BCUT2D eigenvalue weighted by atomic mass is 9.98. The van der Waals surface area contributed by atoms with Gasteiger partial charge in [-0.15, -0.1) is 11.3 Å². The van der Waals surface area contributed by atoms with Gasteiger partial charge in [-0.1, -0.05) is 5.16 Å². The number of nitrogens with two attached hydrogens (primary N) is 2. The highest BCUT2D eigenvalue weighted by Crippen LogP contribution is 2.40. The molecule has 194 valence electrons. The first-order valence-electron chi connectivity index (χ1n) is 10.3. The summed E-state index contributed by atoms with van der Waals surface area (Å²) in [6.45, 7) is 1.38. The summed E-state index contributed by atoms with van der Waals surface area (Å²) in [4.78, 5) is 47.2. The molecule has 36 heavy (non-hydrogen) atoms. The van der Waals surface area contributed by atoms with E-state index in [1.54, 1.807) is 6.92 Å². The summed E-state index contributed by atoms with van der Waals surface area (Å²) in [6, 6.07) is -2.74. The Morgan fingerprint density at radius 2 is 2.08 bits per heavy atom. The van der Waals surface area contributed by atoms with Gasteiger partial charge in [-0.25, -0.2) is 14.1 Å². The minimum atomic E-state index is -4.97. The zero-order valence-corrected chi connectivity index (χ0v) is 20.2. The van der Waals surface area contributed by atoms with E-state index < -0.39 is 51.5 Å². The van der Waals surface area contributed by atoms with Crippen molar-refractivity contribution in [2.24, 2.45) is 10.9 Å². The van der Waals surface area contributed by atoms with Crippen molar-refractivity contribution in [3.8, 4) is 0 Å². The molecule has 7 N–H and O–H groups in total. The molecule has 2 aromatic rings. The van der Waals surface area contributed by atoms with E-state index in [0.29, 0.717) is 11.4 Å². The van der Waals surface area contributed by atoms with Gasteiger partial charge in [0.05, 0.1) is 17.9 Å². The number of thiazole rings is 1. The fourth-order valence-corrected chi connectivity index (χ4v) is 4.86. The molecule has 1 aliphatic carbocycles. The van der Waals surface area contributed by atoms with Crippen LogP contribution in [-0.4, -0.2) is 83.5 Å². The number of carbonyl (C=O) groups is 3. The van der Waals surface area contributed by atoms with E-state index in [0.717, 1.165) is 16.1 Å². The van der Waals surface area contributed by atoms with E-state index in [1.165, 1.54) is 5.38 Å². The number of nitrogens with zero attached hydrogens (tertiary/aromatic N) is 6. The highest BCUT2D eigenvalue weighted by atomic mass is 32.2. The third kappa shape index (κ3) is 4.72. The van der Waals surface area contributed by atoms with Crippen molar-refractivity contribution in [1.29, 1.82) is 0 Å². The molecule has 2 fully saturated rings. The van der Waals surface area contributed by atoms with Gasteiger partial charge < -0.3 is 26.7 Å². The number of carboxylic acid groups (broad SMARTS) is 1. The number of β-lactam (4-membered cyclic amide) rings is 1. The first-order valence-corrected chi connectivity index (χ1v) is 12.6. The third-order valence-corrected chi connectivity index (χ3v) is 7.17. The molecule has 0 spiro atoms. The predicted octanol–water partition coefficient (Wildman–Crippen LogP) is -2.38. The largest absolute Gasteiger partial charge is 0.478 e. The number of carbonyl (C=O) groups excluding carboxylic acids is 2. The summed E-state index contributed by atoms with van der Waals surface area (Å²) in [7, 11) is -4.97. The Labute approximate surface area is 207 Å². The van der Waals surface area contributed by atoms with Gasteiger partial charge in [-0.05, 0) is 6.92 Å². The Balaban J connectivity index is 1.60. The Morgan fingerprint density at radius 1 is 1.39 bits per heavy atom. The number of aromatic nitrogens is 4. The molecular weight excluding hydrogens is 522 g/mol. The summed E-state index contributed by atoms with van der Waals surface area (Å²) in [6.07, 6.45) is 0.348. The fraction of sp³-hybridized carbons (Fsp3) is 0.471. The summed E-state index contributed by atoms with van der Waals surface area (Å²) in [5.74, 6) is -3.41. The molecule has 17 nitrogen and oxygen atoms in total. The molecule has 2 amide bonds. The van der Waals surface area contributed by atoms with Crippen molar-refractivity contribution in [3.05, 3.63) is 22.5 Å². The normalized spacial score (nSPS) is 21.1. The summed E-state index contributed by atoms with van der Waals surface area (Å²) in [5, 5.41) is 25.0. The van der Waals surface area contributed by atoms with Gasteiger partial charge in [0.1, 0.15) is 17.8 Å². The maximum Gasteiger partial charge on any atom is 0.362 e. The molecule has 0 aromatic carbocycles. The quantitative estimate of drug-likeness (QED) is 0.0908. The minimum absolute atomic E-state index is 0.0527. The van der Waals surface area contributed by atoms with Crippen LogP contribution >= 0.6 is 11.3 Å². The van der Waals surface area contributed by atoms with Gasteiger partial charge >= 0.3 is 16.3 Å². The number of amides is 2. The molecule has 19 heteroatoms. The van der Waals surface area contributed by atoms with Crippen LogP contribution in [0.15, 0.2) is 10.5 Å². The standard InChI is InChI=1S/C17H21N9O8S2/c1-7-8(4-18)23-25(22-7)5-10-12(14(28)26(10)36(31,32)33)21-13(27)11(9-6-35-16(19)20-9)24-34-17(2-3-17)15(29)30/h6,10,12H,2-5,18H2,1H3,(H2,19,20)(H,21,27)(H,29,30)(H,31,32,33)/b24-11+/t10-,12+/m1/s1. The molecule has 0 bridgehead atoms. The second-order valence-electron chi connectivity index (χ2n) is 8.02. The maximum absolute atomic E-state index is 13.1. The third-order valence-electron chi connectivity index (χ3n) is 5.55. The van der Waals surface area contributed by atoms with Crippen molar-refractivity contribution in [2.45, 2.75) is 50.5 Å². The molecule has 1 saturated carbocycles. The number of nitrogens with one attached hydrogen (secondary N) is 1. The summed E-state index contributed by atoms with van der Waals surface area (Å²) in [5.41, 5.74) is 10.00. The highest BCUT2D eigenvalue weighted by Gasteiger charge is 2.56. The topological polar surface area (TPSA) is 258 Å². The number of aryl methyl sites for hydroxylation is 1. The van der Waals surface area contributed by atoms with Crippen LogP contribution in [0.4, 0.5) is 5.13 Å². The van der Waals surface area contributed by atoms with Crippen LogP contribution in [0.1, 0.15) is 29.9 Å². The number of carboxylic acids is 1. The molecule has 3 heterocycles. The summed E-state index contributed by atoms with van der Waals surface area (Å²) >= 11 is 0.973. The van der Waals surface area contributed by atoms with Gasteiger partial charge in [-0.2, -0.15) is 23.4 Å². The molecule has 2 aromatic heterocycles. The monoisotopic (exact) mass is 543 g/mol. The molecule has 0 unspecified atom stereocenters. The van der Waals surface area contributed by atoms with Crippen molar-refractivity contribution in [3.63, 3.8) is 0 Å². The van der Waals surface area contributed by atoms with Gasteiger partial charge in [0, 0.05) is 24.8 Å². The lowest BCUT2D eigenvalue weighted by molar-refractivity contribution is -0.153. The van der Waals surface area contributed by atoms with Crippen LogP contribution in [0.25, 0.3) is 0 Å². The second-order valence-corrected chi connectivity index (χ2v) is 10.2. The minimum Gasteiger partial charge on any atom is -0.478 e. The van der Waals surface area contributed by atoms with E-state index >= 15 is 0 Å². The van der Waals surface area contributed by atoms with E-state index in [2.05, 4.69) is 25.7 Å². The van der Waals surface area contributed by atoms with Gasteiger partial charge in [0.15, 0.2) is 10.8 Å². The molecule has 0 radical (unpaired) electrons. The Morgan fingerprint density at radius 3 is 2.58 bits per heavy atom. The van der Waals surface area contributed by atoms with Gasteiger partial charge in [-0.3, -0.25) is 14.1 Å². The number of hydrogen-bond donors (Lipinski definition) is 5. The molecule has 1 saturated heterocycles. The van der Waals surface area contributed by atoms with Gasteiger partial charge in [0.25, 0.3) is 11.8 Å². The van der Waals surface area contributed by atoms with Crippen molar-refractivity contribution < 1.29 is 37.3 Å². The summed E-state index contributed by atoms with van der Waals surface area (Å²) < 4.78 is 33.3. The molecular formula is C17H21N9O8S2. The zero-order valence-electron chi connectivity index (χ0n) is 18.6. The molecule has 2 atom stereocenters. The average molecular weight is 544 g/mol. The van der Waals surface area contributed by atoms with Crippen LogP contribution in [0.3, 0.4) is 0 Å². The van der Waals surface area contributed by atoms with Crippen LogP contribution in [-0.2, 0) is 42.6 Å². The smallest absolute Gasteiger partial charge is 0.362 e. The zero-order chi connectivity index (χ0) is 26.4. The number of hydrogen-bond acceptors (Lipinski definition) is 13. The van der Waals surface area contributed by atoms with E-state index in [1.807, 2.05) is 0 Å². The van der Waals surface area contributed by atoms with E-state index in [9.17, 15) is 32.5 Å². The maximum atomic E-state index is 13.1. The Bertz CT molecular complexity index is 1360. The lowest BCUT2D eigenvalue weighted by Crippen LogP contribution is -2.73. The number of nitrogen functional groups attached to an aromatic ring is 1. The molecule has 1 aliphatic heterocycles. The van der Waals surface area contributed by atoms with Crippen LogP contribution in [0.5, 0.6) is 0 Å². The van der Waals surface area contributed by atoms with Gasteiger partial charge in [0.2, 0.25) is 5.60 Å². The van der Waals surface area contributed by atoms with E-state index in [4.69, 9.17) is 16.3 Å². The van der Waals surface area contributed by atoms with Crippen LogP contribution in [0, 0.1) is 6.92 Å². The molecule has 4 rings (SSSR count). The second kappa shape index (κ2) is 9.08. The van der Waals surface area contributed by atoms with Crippen LogP contribution in [0.2, 0.25) is 0 Å². The fourth-order valence-electron chi connectivity index (χ4n) is 3.44. The Kier molecular flexibility index (Phi) is 6.41. The predicted molar refractivity (Wildman–Crippen MR) is 121 cm³/mol. The number of rotatable bonds is 10. The van der Waals surface area contributed by atoms with Crippen molar-refractivity contribution in [1.82, 2.24) is 29.6 Å². The first-order chi connectivity index (χ1) is 16.9. The lowest BCUT2D eigenvalue weighted by Gasteiger charge is -2.43. The molecule has 2 aliphatic rings. The highest BCUT2D eigenvalue weighted by molar-refractivity contribution is 7.84. The van der Waals surface area contributed by atoms with Crippen molar-refractivity contribution >= 4 is 50.3 Å². The number of aliphatic carboxylic acids is 1. The van der Waals surface area contributed by atoms with E-state index in [-0.39, 0.29) is 41.1 Å². The van der Waals surface area contributed by atoms with Crippen molar-refractivity contribution in [2.75, 3.05) is 5.73 Å². The Hall–Kier alpha value is -3.68.